The number of halogens is 5. The minimum atomic E-state index is 0.733. The molecule has 0 bridgehead atoms. The fraction of sp³-hybridized carbons (Fsp3) is 0.0476. The molecule has 4 rings (SSSR count). The Morgan fingerprint density at radius 3 is 1.89 bits per heavy atom. The molecule has 0 radical (unpaired) electrons. The molecule has 0 aliphatic heterocycles. The summed E-state index contributed by atoms with van der Waals surface area (Å²) < 4.78 is 4.35. The lowest BCUT2D eigenvalue weighted by molar-refractivity contribution is 1.24. The summed E-state index contributed by atoms with van der Waals surface area (Å²) in [6.07, 6.45) is 0.929. The molecule has 6 heteroatoms. The maximum Gasteiger partial charge on any atom is 0.0428 e. The Morgan fingerprint density at radius 2 is 1.30 bits per heavy atom. The molecule has 0 saturated heterocycles. The van der Waals surface area contributed by atoms with E-state index in [2.05, 4.69) is 84.2 Å². The quantitative estimate of drug-likeness (QED) is 0.213. The van der Waals surface area contributed by atoms with Gasteiger partial charge in [-0.2, -0.15) is 0 Å². The van der Waals surface area contributed by atoms with Crippen molar-refractivity contribution in [2.75, 3.05) is 0 Å². The second-order valence-electron chi connectivity index (χ2n) is 5.79. The standard InChI is InChI=1S/C15H10BrClS.C6H3Br2Cl/c16-12-5-10(6-13(17)9-12)7-14-8-11-3-1-2-4-15(11)18-14;7-4-1-5(8)3-6(9)2-4/h1-6,8-9H,7H2;1-3H. The predicted molar refractivity (Wildman–Crippen MR) is 131 cm³/mol. The molecule has 0 atom stereocenters. The number of thiophene rings is 1. The summed E-state index contributed by atoms with van der Waals surface area (Å²) in [6.45, 7) is 0. The van der Waals surface area contributed by atoms with Gasteiger partial charge in [-0.25, -0.2) is 0 Å². The molecule has 4 aromatic rings. The van der Waals surface area contributed by atoms with Gasteiger partial charge in [-0.05, 0) is 59.5 Å². The molecular formula is C21H13Br3Cl2S. The lowest BCUT2D eigenvalue weighted by Crippen LogP contribution is -1.84. The highest BCUT2D eigenvalue weighted by Crippen LogP contribution is 2.29. The largest absolute Gasteiger partial charge is 0.140 e. The Morgan fingerprint density at radius 1 is 0.704 bits per heavy atom. The third-order valence-electron chi connectivity index (χ3n) is 3.60. The molecule has 0 nitrogen and oxygen atoms in total. The molecular weight excluding hydrogens is 595 g/mol. The van der Waals surface area contributed by atoms with Gasteiger partial charge in [-0.15, -0.1) is 11.3 Å². The normalized spacial score (nSPS) is 10.6. The van der Waals surface area contributed by atoms with E-state index >= 15 is 0 Å². The molecule has 0 unspecified atom stereocenters. The third kappa shape index (κ3) is 6.59. The number of rotatable bonds is 2. The van der Waals surface area contributed by atoms with Gasteiger partial charge in [0.1, 0.15) is 0 Å². The predicted octanol–water partition coefficient (Wildman–Crippen LogP) is 9.77. The zero-order valence-electron chi connectivity index (χ0n) is 13.9. The van der Waals surface area contributed by atoms with Crippen LogP contribution in [0.5, 0.6) is 0 Å². The van der Waals surface area contributed by atoms with Crippen LogP contribution in [0, 0.1) is 0 Å². The highest BCUT2D eigenvalue weighted by atomic mass is 79.9. The lowest BCUT2D eigenvalue weighted by atomic mass is 10.1. The highest BCUT2D eigenvalue weighted by molar-refractivity contribution is 9.11. The smallest absolute Gasteiger partial charge is 0.0428 e. The fourth-order valence-electron chi connectivity index (χ4n) is 2.56. The molecule has 138 valence electrons. The van der Waals surface area contributed by atoms with E-state index in [4.69, 9.17) is 23.2 Å². The number of fused-ring (bicyclic) bond motifs is 1. The van der Waals surface area contributed by atoms with Gasteiger partial charge in [0.2, 0.25) is 0 Å². The Hall–Kier alpha value is -0.360. The van der Waals surface area contributed by atoms with Gasteiger partial charge in [0.05, 0.1) is 0 Å². The summed E-state index contributed by atoms with van der Waals surface area (Å²) in [5.41, 5.74) is 1.24. The van der Waals surface area contributed by atoms with Gasteiger partial charge < -0.3 is 0 Å². The van der Waals surface area contributed by atoms with Crippen molar-refractivity contribution in [2.45, 2.75) is 6.42 Å². The first kappa shape index (κ1) is 21.4. The summed E-state index contributed by atoms with van der Waals surface area (Å²) in [4.78, 5) is 1.37. The molecule has 0 saturated carbocycles. The van der Waals surface area contributed by atoms with Gasteiger partial charge in [0.25, 0.3) is 0 Å². The molecule has 0 aliphatic carbocycles. The van der Waals surface area contributed by atoms with E-state index in [0.29, 0.717) is 0 Å². The van der Waals surface area contributed by atoms with E-state index in [-0.39, 0.29) is 0 Å². The lowest BCUT2D eigenvalue weighted by Gasteiger charge is -2.01. The van der Waals surface area contributed by atoms with E-state index in [0.717, 1.165) is 29.9 Å². The van der Waals surface area contributed by atoms with Crippen LogP contribution in [0.1, 0.15) is 10.4 Å². The van der Waals surface area contributed by atoms with Crippen LogP contribution in [0.4, 0.5) is 0 Å². The van der Waals surface area contributed by atoms with Crippen molar-refractivity contribution in [3.05, 3.63) is 101 Å². The zero-order chi connectivity index (χ0) is 19.4. The number of hydrogen-bond donors (Lipinski definition) is 0. The van der Waals surface area contributed by atoms with E-state index < -0.39 is 0 Å². The van der Waals surface area contributed by atoms with E-state index in [1.54, 1.807) is 0 Å². The van der Waals surface area contributed by atoms with Gasteiger partial charge in [0, 0.05) is 39.5 Å². The molecule has 0 N–H and O–H groups in total. The summed E-state index contributed by atoms with van der Waals surface area (Å²) in [7, 11) is 0. The molecule has 0 aliphatic rings. The van der Waals surface area contributed by atoms with Crippen molar-refractivity contribution in [1.82, 2.24) is 0 Å². The maximum atomic E-state index is 6.07. The first-order valence-corrected chi connectivity index (χ1v) is 11.9. The van der Waals surface area contributed by atoms with Gasteiger partial charge in [0.15, 0.2) is 0 Å². The second-order valence-corrected chi connectivity index (χ2v) is 10.6. The first-order valence-electron chi connectivity index (χ1n) is 7.93. The second kappa shape index (κ2) is 9.91. The molecule has 1 heterocycles. The molecule has 27 heavy (non-hydrogen) atoms. The zero-order valence-corrected chi connectivity index (χ0v) is 20.9. The molecule has 0 fully saturated rings. The van der Waals surface area contributed by atoms with Crippen molar-refractivity contribution < 1.29 is 0 Å². The highest BCUT2D eigenvalue weighted by Gasteiger charge is 2.04. The summed E-state index contributed by atoms with van der Waals surface area (Å²) in [5, 5.41) is 2.83. The topological polar surface area (TPSA) is 0 Å². The fourth-order valence-corrected chi connectivity index (χ4v) is 6.38. The van der Waals surface area contributed by atoms with Crippen molar-refractivity contribution in [1.29, 1.82) is 0 Å². The summed E-state index contributed by atoms with van der Waals surface area (Å²) in [5.74, 6) is 0. The summed E-state index contributed by atoms with van der Waals surface area (Å²) >= 11 is 23.7. The van der Waals surface area contributed by atoms with Crippen LogP contribution >= 0.6 is 82.3 Å². The third-order valence-corrected chi connectivity index (χ3v) is 6.53. The Balaban J connectivity index is 0.000000197. The molecule has 0 amide bonds. The molecule has 1 aromatic heterocycles. The monoisotopic (exact) mass is 604 g/mol. The Kier molecular flexibility index (Phi) is 7.83. The van der Waals surface area contributed by atoms with Crippen molar-refractivity contribution in [3.63, 3.8) is 0 Å². The van der Waals surface area contributed by atoms with Crippen molar-refractivity contribution in [3.8, 4) is 0 Å². The maximum absolute atomic E-state index is 6.07. The first-order chi connectivity index (χ1) is 12.9. The van der Waals surface area contributed by atoms with Crippen molar-refractivity contribution in [2.24, 2.45) is 0 Å². The Bertz CT molecular complexity index is 972. The van der Waals surface area contributed by atoms with Crippen LogP contribution in [-0.2, 0) is 6.42 Å². The van der Waals surface area contributed by atoms with Crippen LogP contribution < -0.4 is 0 Å². The van der Waals surface area contributed by atoms with Crippen LogP contribution in [0.25, 0.3) is 10.1 Å². The minimum Gasteiger partial charge on any atom is -0.140 e. The van der Waals surface area contributed by atoms with Crippen LogP contribution in [0.2, 0.25) is 10.0 Å². The average Bonchev–Trinajstić information content (AvgIpc) is 2.95. The van der Waals surface area contributed by atoms with Crippen LogP contribution in [0.3, 0.4) is 0 Å². The van der Waals surface area contributed by atoms with Crippen LogP contribution in [0.15, 0.2) is 80.1 Å². The Labute approximate surface area is 197 Å². The van der Waals surface area contributed by atoms with Crippen LogP contribution in [-0.4, -0.2) is 0 Å². The van der Waals surface area contributed by atoms with Gasteiger partial charge >= 0.3 is 0 Å². The van der Waals surface area contributed by atoms with Crippen molar-refractivity contribution >= 4 is 92.4 Å². The van der Waals surface area contributed by atoms with E-state index in [9.17, 15) is 0 Å². The minimum absolute atomic E-state index is 0.733. The molecule has 3 aromatic carbocycles. The molecule has 0 spiro atoms. The van der Waals surface area contributed by atoms with E-state index in [1.165, 1.54) is 20.5 Å². The SMILES string of the molecule is Clc1cc(Br)cc(Br)c1.Clc1cc(Br)cc(Cc2cc3ccccc3s2)c1. The van der Waals surface area contributed by atoms with Gasteiger partial charge in [-0.1, -0.05) is 89.2 Å². The summed E-state index contributed by atoms with van der Waals surface area (Å²) in [6, 6.07) is 22.4. The number of hydrogen-bond acceptors (Lipinski definition) is 1. The van der Waals surface area contributed by atoms with Gasteiger partial charge in [-0.3, -0.25) is 0 Å². The van der Waals surface area contributed by atoms with E-state index in [1.807, 2.05) is 41.7 Å². The number of benzene rings is 3. The average molecular weight is 608 g/mol.